The van der Waals surface area contributed by atoms with Gasteiger partial charge in [-0.15, -0.1) is 0 Å². The number of nitrogens with zero attached hydrogens (tertiary/aromatic N) is 2. The van der Waals surface area contributed by atoms with Crippen LogP contribution in [-0.2, 0) is 13.5 Å². The van der Waals surface area contributed by atoms with Crippen LogP contribution >= 0.6 is 15.9 Å². The highest BCUT2D eigenvalue weighted by molar-refractivity contribution is 9.10. The monoisotopic (exact) mass is 218 g/mol. The van der Waals surface area contributed by atoms with Crippen LogP contribution in [0.1, 0.15) is 11.5 Å². The maximum atomic E-state index is 8.72. The third-order valence-electron chi connectivity index (χ3n) is 1.74. The largest absolute Gasteiger partial charge is 0.396 e. The van der Waals surface area contributed by atoms with E-state index in [1.54, 1.807) is 0 Å². The van der Waals surface area contributed by atoms with Crippen molar-refractivity contribution in [3.05, 3.63) is 16.1 Å². The summed E-state index contributed by atoms with van der Waals surface area (Å²) in [5.74, 6) is 0.959. The fourth-order valence-corrected chi connectivity index (χ4v) is 1.71. The first-order chi connectivity index (χ1) is 5.16. The normalized spacial score (nSPS) is 10.5. The summed E-state index contributed by atoms with van der Waals surface area (Å²) in [7, 11) is 1.94. The van der Waals surface area contributed by atoms with Gasteiger partial charge in [-0.3, -0.25) is 0 Å². The van der Waals surface area contributed by atoms with E-state index >= 15 is 0 Å². The van der Waals surface area contributed by atoms with E-state index in [1.165, 1.54) is 0 Å². The zero-order valence-corrected chi connectivity index (χ0v) is 8.22. The average Bonchev–Trinajstić information content (AvgIpc) is 2.17. The van der Waals surface area contributed by atoms with Gasteiger partial charge in [0.05, 0.1) is 5.69 Å². The quantitative estimate of drug-likeness (QED) is 0.806. The van der Waals surface area contributed by atoms with Gasteiger partial charge >= 0.3 is 0 Å². The Balaban J connectivity index is 3.02. The molecule has 3 nitrogen and oxygen atoms in total. The zero-order chi connectivity index (χ0) is 8.43. The Hall–Kier alpha value is -0.350. The Morgan fingerprint density at radius 2 is 2.27 bits per heavy atom. The minimum atomic E-state index is 0.164. The molecule has 0 aromatic carbocycles. The Bertz CT molecular complexity index is 257. The van der Waals surface area contributed by atoms with Gasteiger partial charge in [-0.2, -0.15) is 0 Å². The van der Waals surface area contributed by atoms with Crippen molar-refractivity contribution in [1.82, 2.24) is 9.55 Å². The molecule has 11 heavy (non-hydrogen) atoms. The van der Waals surface area contributed by atoms with Crippen LogP contribution in [0.4, 0.5) is 0 Å². The summed E-state index contributed by atoms with van der Waals surface area (Å²) in [6.45, 7) is 2.10. The van der Waals surface area contributed by atoms with Crippen LogP contribution in [0.3, 0.4) is 0 Å². The minimum Gasteiger partial charge on any atom is -0.396 e. The number of hydrogen-bond donors (Lipinski definition) is 1. The summed E-state index contributed by atoms with van der Waals surface area (Å²) in [6.07, 6.45) is 0.651. The van der Waals surface area contributed by atoms with Crippen molar-refractivity contribution in [2.45, 2.75) is 13.3 Å². The first-order valence-electron chi connectivity index (χ1n) is 3.45. The van der Waals surface area contributed by atoms with Gasteiger partial charge in [0.25, 0.3) is 0 Å². The summed E-state index contributed by atoms with van der Waals surface area (Å²) < 4.78 is 2.81. The average molecular weight is 219 g/mol. The van der Waals surface area contributed by atoms with Gasteiger partial charge in [-0.05, 0) is 22.9 Å². The van der Waals surface area contributed by atoms with Crippen LogP contribution in [0.2, 0.25) is 0 Å². The van der Waals surface area contributed by atoms with Gasteiger partial charge in [0.15, 0.2) is 0 Å². The number of hydrogen-bond acceptors (Lipinski definition) is 2. The molecule has 1 aromatic heterocycles. The van der Waals surface area contributed by atoms with E-state index in [4.69, 9.17) is 5.11 Å². The summed E-state index contributed by atoms with van der Waals surface area (Å²) in [6, 6.07) is 0. The molecule has 0 aliphatic rings. The van der Waals surface area contributed by atoms with Gasteiger partial charge in [0.2, 0.25) is 0 Å². The third kappa shape index (κ3) is 1.62. The van der Waals surface area contributed by atoms with Crippen molar-refractivity contribution < 1.29 is 5.11 Å². The maximum absolute atomic E-state index is 8.72. The lowest BCUT2D eigenvalue weighted by Gasteiger charge is -2.00. The molecule has 0 saturated carbocycles. The Morgan fingerprint density at radius 1 is 1.64 bits per heavy atom. The maximum Gasteiger partial charge on any atom is 0.127 e. The molecule has 0 unspecified atom stereocenters. The third-order valence-corrected chi connectivity index (χ3v) is 2.37. The lowest BCUT2D eigenvalue weighted by molar-refractivity contribution is 0.296. The molecule has 0 aliphatic heterocycles. The van der Waals surface area contributed by atoms with E-state index in [0.717, 1.165) is 16.1 Å². The van der Waals surface area contributed by atoms with Crippen molar-refractivity contribution in [3.8, 4) is 0 Å². The predicted molar refractivity (Wildman–Crippen MR) is 46.4 cm³/mol. The number of halogens is 1. The molecule has 4 heteroatoms. The molecule has 0 fully saturated rings. The summed E-state index contributed by atoms with van der Waals surface area (Å²) in [4.78, 5) is 4.20. The first kappa shape index (κ1) is 8.74. The highest BCUT2D eigenvalue weighted by Crippen LogP contribution is 2.16. The highest BCUT2D eigenvalue weighted by Gasteiger charge is 2.07. The SMILES string of the molecule is Cc1nc(Br)c(CCO)n1C. The number of aliphatic hydroxyl groups excluding tert-OH is 1. The minimum absolute atomic E-state index is 0.164. The van der Waals surface area contributed by atoms with E-state index in [9.17, 15) is 0 Å². The predicted octanol–water partition coefficient (Wildman–Crippen LogP) is 1.03. The lowest BCUT2D eigenvalue weighted by Crippen LogP contribution is -2.01. The summed E-state index contributed by atoms with van der Waals surface area (Å²) >= 11 is 3.33. The van der Waals surface area contributed by atoms with Crippen molar-refractivity contribution in [2.75, 3.05) is 6.61 Å². The van der Waals surface area contributed by atoms with E-state index < -0.39 is 0 Å². The Morgan fingerprint density at radius 3 is 2.64 bits per heavy atom. The van der Waals surface area contributed by atoms with Crippen LogP contribution in [-0.4, -0.2) is 21.3 Å². The fourth-order valence-electron chi connectivity index (χ4n) is 0.992. The first-order valence-corrected chi connectivity index (χ1v) is 4.24. The van der Waals surface area contributed by atoms with Gasteiger partial charge in [-0.25, -0.2) is 4.98 Å². The van der Waals surface area contributed by atoms with Gasteiger partial charge in [-0.1, -0.05) is 0 Å². The number of aliphatic hydroxyl groups is 1. The molecular weight excluding hydrogens is 208 g/mol. The Kier molecular flexibility index (Phi) is 2.67. The van der Waals surface area contributed by atoms with E-state index in [-0.39, 0.29) is 6.61 Å². The van der Waals surface area contributed by atoms with Crippen LogP contribution in [0.15, 0.2) is 4.60 Å². The highest BCUT2D eigenvalue weighted by atomic mass is 79.9. The molecule has 1 aromatic rings. The van der Waals surface area contributed by atoms with Crippen LogP contribution in [0.25, 0.3) is 0 Å². The molecule has 1 N–H and O–H groups in total. The van der Waals surface area contributed by atoms with Crippen molar-refractivity contribution in [3.63, 3.8) is 0 Å². The summed E-state index contributed by atoms with van der Waals surface area (Å²) in [5.41, 5.74) is 1.05. The smallest absolute Gasteiger partial charge is 0.127 e. The van der Waals surface area contributed by atoms with Crippen molar-refractivity contribution >= 4 is 15.9 Å². The molecule has 0 spiro atoms. The van der Waals surface area contributed by atoms with Crippen LogP contribution < -0.4 is 0 Å². The van der Waals surface area contributed by atoms with Gasteiger partial charge < -0.3 is 9.67 Å². The second-order valence-electron chi connectivity index (χ2n) is 2.43. The molecule has 62 valence electrons. The van der Waals surface area contributed by atoms with E-state index in [2.05, 4.69) is 20.9 Å². The number of rotatable bonds is 2. The number of aryl methyl sites for hydroxylation is 1. The zero-order valence-electron chi connectivity index (χ0n) is 6.63. The van der Waals surface area contributed by atoms with Gasteiger partial charge in [0, 0.05) is 20.1 Å². The number of imidazole rings is 1. The lowest BCUT2D eigenvalue weighted by atomic mass is 10.3. The summed E-state index contributed by atoms with van der Waals surface area (Å²) in [5, 5.41) is 8.72. The van der Waals surface area contributed by atoms with Gasteiger partial charge in [0.1, 0.15) is 10.4 Å². The molecule has 0 bridgehead atoms. The second-order valence-corrected chi connectivity index (χ2v) is 3.18. The van der Waals surface area contributed by atoms with Crippen LogP contribution in [0.5, 0.6) is 0 Å². The molecule has 0 saturated heterocycles. The molecule has 1 heterocycles. The molecular formula is C7H11BrN2O. The topological polar surface area (TPSA) is 38.1 Å². The number of aromatic nitrogens is 2. The molecule has 0 atom stereocenters. The van der Waals surface area contributed by atoms with Crippen molar-refractivity contribution in [1.29, 1.82) is 0 Å². The standard InChI is InChI=1S/C7H11BrN2O/c1-5-9-7(8)6(3-4-11)10(5)2/h11H,3-4H2,1-2H3. The Labute approximate surface area is 74.2 Å². The fraction of sp³-hybridized carbons (Fsp3) is 0.571. The molecule has 0 amide bonds. The van der Waals surface area contributed by atoms with E-state index in [0.29, 0.717) is 6.42 Å². The van der Waals surface area contributed by atoms with Crippen LogP contribution in [0, 0.1) is 6.92 Å². The second kappa shape index (κ2) is 3.36. The van der Waals surface area contributed by atoms with Crippen molar-refractivity contribution in [2.24, 2.45) is 7.05 Å². The molecule has 1 rings (SSSR count). The molecule has 0 aliphatic carbocycles. The van der Waals surface area contributed by atoms with E-state index in [1.807, 2.05) is 18.5 Å². The molecule has 0 radical (unpaired) electrons.